The highest BCUT2D eigenvalue weighted by atomic mass is 16.5. The van der Waals surface area contributed by atoms with E-state index in [-0.39, 0.29) is 5.56 Å². The molecular formula is C17H19N5O4. The molecule has 1 aromatic carbocycles. The number of hydrogen-bond donors (Lipinski definition) is 2. The molecule has 0 bridgehead atoms. The SMILES string of the molecule is CCCCOC(=O)C1=C(C)Nc2nnnn2C1c1ccc(C(=O)O)cc1. The van der Waals surface area contributed by atoms with Gasteiger partial charge in [0.1, 0.15) is 6.04 Å². The van der Waals surface area contributed by atoms with Crippen molar-refractivity contribution in [2.45, 2.75) is 32.7 Å². The predicted molar refractivity (Wildman–Crippen MR) is 91.5 cm³/mol. The van der Waals surface area contributed by atoms with Crippen LogP contribution in [0.4, 0.5) is 5.95 Å². The summed E-state index contributed by atoms with van der Waals surface area (Å²) in [4.78, 5) is 23.8. The number of benzene rings is 1. The second-order valence-corrected chi connectivity index (χ2v) is 5.93. The van der Waals surface area contributed by atoms with E-state index < -0.39 is 18.0 Å². The lowest BCUT2D eigenvalue weighted by Gasteiger charge is -2.27. The highest BCUT2D eigenvalue weighted by Crippen LogP contribution is 2.34. The largest absolute Gasteiger partial charge is 0.478 e. The van der Waals surface area contributed by atoms with Crippen molar-refractivity contribution in [1.82, 2.24) is 20.2 Å². The third kappa shape index (κ3) is 3.28. The van der Waals surface area contributed by atoms with Crippen LogP contribution >= 0.6 is 0 Å². The number of tetrazole rings is 1. The van der Waals surface area contributed by atoms with Crippen LogP contribution in [0.2, 0.25) is 0 Å². The highest BCUT2D eigenvalue weighted by Gasteiger charge is 2.34. The second kappa shape index (κ2) is 7.34. The zero-order valence-corrected chi connectivity index (χ0v) is 14.5. The summed E-state index contributed by atoms with van der Waals surface area (Å²) in [6.07, 6.45) is 1.69. The molecular weight excluding hydrogens is 338 g/mol. The van der Waals surface area contributed by atoms with E-state index in [9.17, 15) is 9.59 Å². The van der Waals surface area contributed by atoms with Crippen molar-refractivity contribution in [3.8, 4) is 0 Å². The molecule has 0 aliphatic carbocycles. The van der Waals surface area contributed by atoms with Crippen LogP contribution in [-0.4, -0.2) is 43.9 Å². The summed E-state index contributed by atoms with van der Waals surface area (Å²) in [6, 6.07) is 5.67. The van der Waals surface area contributed by atoms with Crippen molar-refractivity contribution < 1.29 is 19.4 Å². The Labute approximate surface area is 149 Å². The average molecular weight is 357 g/mol. The number of esters is 1. The summed E-state index contributed by atoms with van der Waals surface area (Å²) in [5.41, 5.74) is 1.84. The normalized spacial score (nSPS) is 16.0. The number of carbonyl (C=O) groups excluding carboxylic acids is 1. The van der Waals surface area contributed by atoms with Gasteiger partial charge in [-0.15, -0.1) is 0 Å². The zero-order valence-electron chi connectivity index (χ0n) is 14.5. The van der Waals surface area contributed by atoms with E-state index >= 15 is 0 Å². The Kier molecular flexibility index (Phi) is 4.97. The Bertz CT molecular complexity index is 856. The van der Waals surface area contributed by atoms with Gasteiger partial charge in [-0.2, -0.15) is 4.68 Å². The minimum absolute atomic E-state index is 0.160. The van der Waals surface area contributed by atoms with E-state index in [0.29, 0.717) is 29.4 Å². The van der Waals surface area contributed by atoms with Gasteiger partial charge in [0.05, 0.1) is 17.7 Å². The van der Waals surface area contributed by atoms with E-state index in [1.54, 1.807) is 19.1 Å². The quantitative estimate of drug-likeness (QED) is 0.595. The standard InChI is InChI=1S/C17H19N5O4/c1-3-4-9-26-16(25)13-10(2)18-17-19-20-21-22(17)14(13)11-5-7-12(8-6-11)15(23)24/h5-8,14H,3-4,9H2,1-2H3,(H,23,24)(H,18,19,21). The molecule has 1 atom stereocenters. The van der Waals surface area contributed by atoms with Crippen LogP contribution in [0.3, 0.4) is 0 Å². The van der Waals surface area contributed by atoms with E-state index in [0.717, 1.165) is 12.8 Å². The van der Waals surface area contributed by atoms with Crippen molar-refractivity contribution in [1.29, 1.82) is 0 Å². The molecule has 0 saturated heterocycles. The summed E-state index contributed by atoms with van der Waals surface area (Å²) < 4.78 is 6.87. The molecule has 2 aromatic rings. The molecule has 0 spiro atoms. The Morgan fingerprint density at radius 3 is 2.69 bits per heavy atom. The molecule has 9 heteroatoms. The number of allylic oxidation sites excluding steroid dienone is 1. The van der Waals surface area contributed by atoms with E-state index in [1.807, 2.05) is 6.92 Å². The van der Waals surface area contributed by atoms with E-state index in [2.05, 4.69) is 20.8 Å². The van der Waals surface area contributed by atoms with Crippen molar-refractivity contribution >= 4 is 17.9 Å². The number of hydrogen-bond acceptors (Lipinski definition) is 7. The first-order chi connectivity index (χ1) is 12.5. The number of aromatic nitrogens is 4. The number of nitrogens with one attached hydrogen (secondary N) is 1. The maximum atomic E-state index is 12.7. The Morgan fingerprint density at radius 2 is 2.04 bits per heavy atom. The van der Waals surface area contributed by atoms with Crippen LogP contribution in [0.1, 0.15) is 48.7 Å². The van der Waals surface area contributed by atoms with Crippen LogP contribution < -0.4 is 5.32 Å². The first-order valence-corrected chi connectivity index (χ1v) is 8.29. The van der Waals surface area contributed by atoms with Gasteiger partial charge in [0.25, 0.3) is 0 Å². The first kappa shape index (κ1) is 17.6. The van der Waals surface area contributed by atoms with E-state index in [1.165, 1.54) is 16.8 Å². The third-order valence-corrected chi connectivity index (χ3v) is 4.14. The number of unbranched alkanes of at least 4 members (excludes halogenated alkanes) is 1. The molecule has 0 amide bonds. The number of aromatic carboxylic acids is 1. The summed E-state index contributed by atoms with van der Waals surface area (Å²) in [6.45, 7) is 4.10. The second-order valence-electron chi connectivity index (χ2n) is 5.93. The number of rotatable bonds is 6. The summed E-state index contributed by atoms with van der Waals surface area (Å²) in [5, 5.41) is 23.6. The molecule has 9 nitrogen and oxygen atoms in total. The summed E-state index contributed by atoms with van der Waals surface area (Å²) in [7, 11) is 0. The number of carboxylic acids is 1. The Balaban J connectivity index is 2.00. The van der Waals surface area contributed by atoms with E-state index in [4.69, 9.17) is 9.84 Å². The molecule has 1 unspecified atom stereocenters. The predicted octanol–water partition coefficient (Wildman–Crippen LogP) is 2.00. The molecule has 0 fully saturated rings. The Morgan fingerprint density at radius 1 is 1.31 bits per heavy atom. The van der Waals surface area contributed by atoms with Gasteiger partial charge < -0.3 is 15.2 Å². The molecule has 1 aromatic heterocycles. The molecule has 1 aliphatic heterocycles. The number of carbonyl (C=O) groups is 2. The van der Waals surface area contributed by atoms with Crippen molar-refractivity contribution in [2.24, 2.45) is 0 Å². The topological polar surface area (TPSA) is 119 Å². The highest BCUT2D eigenvalue weighted by molar-refractivity contribution is 5.92. The van der Waals surface area contributed by atoms with Crippen LogP contribution in [0.15, 0.2) is 35.5 Å². The monoisotopic (exact) mass is 357 g/mol. The van der Waals surface area contributed by atoms with Gasteiger partial charge >= 0.3 is 11.9 Å². The molecule has 1 aliphatic rings. The average Bonchev–Trinajstić information content (AvgIpc) is 3.08. The van der Waals surface area contributed by atoms with Crippen LogP contribution in [0, 0.1) is 0 Å². The lowest BCUT2D eigenvalue weighted by Crippen LogP contribution is -2.29. The van der Waals surface area contributed by atoms with Crippen molar-refractivity contribution in [3.05, 3.63) is 46.7 Å². The molecule has 0 saturated carbocycles. The fourth-order valence-electron chi connectivity index (χ4n) is 2.78. The summed E-state index contributed by atoms with van der Waals surface area (Å²) >= 11 is 0. The third-order valence-electron chi connectivity index (χ3n) is 4.14. The molecule has 3 rings (SSSR count). The molecule has 2 N–H and O–H groups in total. The van der Waals surface area contributed by atoms with Crippen LogP contribution in [0.5, 0.6) is 0 Å². The number of fused-ring (bicyclic) bond motifs is 1. The number of carboxylic acid groups (broad SMARTS) is 1. The molecule has 2 heterocycles. The smallest absolute Gasteiger partial charge is 0.338 e. The van der Waals surface area contributed by atoms with Crippen molar-refractivity contribution in [2.75, 3.05) is 11.9 Å². The number of anilines is 1. The minimum Gasteiger partial charge on any atom is -0.478 e. The maximum absolute atomic E-state index is 12.7. The van der Waals surface area contributed by atoms with Gasteiger partial charge in [-0.25, -0.2) is 9.59 Å². The first-order valence-electron chi connectivity index (χ1n) is 8.29. The fraction of sp³-hybridized carbons (Fsp3) is 0.353. The molecule has 136 valence electrons. The number of nitrogens with zero attached hydrogens (tertiary/aromatic N) is 4. The lowest BCUT2D eigenvalue weighted by atomic mass is 9.95. The lowest BCUT2D eigenvalue weighted by molar-refractivity contribution is -0.139. The molecule has 26 heavy (non-hydrogen) atoms. The maximum Gasteiger partial charge on any atom is 0.338 e. The van der Waals surface area contributed by atoms with Gasteiger partial charge in [0.15, 0.2) is 0 Å². The van der Waals surface area contributed by atoms with Crippen molar-refractivity contribution in [3.63, 3.8) is 0 Å². The van der Waals surface area contributed by atoms with Gasteiger partial charge in [-0.05, 0) is 41.5 Å². The van der Waals surface area contributed by atoms with Gasteiger partial charge in [-0.3, -0.25) is 0 Å². The number of ether oxygens (including phenoxy) is 1. The van der Waals surface area contributed by atoms with Crippen LogP contribution in [0.25, 0.3) is 0 Å². The van der Waals surface area contributed by atoms with Crippen LogP contribution in [-0.2, 0) is 9.53 Å². The Hall–Kier alpha value is -3.23. The fourth-order valence-corrected chi connectivity index (χ4v) is 2.78. The van der Waals surface area contributed by atoms with Gasteiger partial charge in [0, 0.05) is 5.70 Å². The zero-order chi connectivity index (χ0) is 18.7. The molecule has 0 radical (unpaired) electrons. The summed E-state index contributed by atoms with van der Waals surface area (Å²) in [5.74, 6) is -1.06. The van der Waals surface area contributed by atoms with Gasteiger partial charge in [-0.1, -0.05) is 30.6 Å². The van der Waals surface area contributed by atoms with Gasteiger partial charge in [0.2, 0.25) is 5.95 Å². The minimum atomic E-state index is -1.02.